The van der Waals surface area contributed by atoms with E-state index < -0.39 is 0 Å². The van der Waals surface area contributed by atoms with Crippen molar-refractivity contribution in [3.63, 3.8) is 0 Å². The van der Waals surface area contributed by atoms with Gasteiger partial charge in [0.1, 0.15) is 0 Å². The molecule has 0 radical (unpaired) electrons. The van der Waals surface area contributed by atoms with Crippen molar-refractivity contribution in [1.82, 2.24) is 19.8 Å². The summed E-state index contributed by atoms with van der Waals surface area (Å²) in [6.45, 7) is 0.945. The van der Waals surface area contributed by atoms with Crippen molar-refractivity contribution in [1.29, 1.82) is 0 Å². The highest BCUT2D eigenvalue weighted by Crippen LogP contribution is 2.29. The van der Waals surface area contributed by atoms with E-state index in [0.29, 0.717) is 0 Å². The molecule has 0 aliphatic carbocycles. The highest BCUT2D eigenvalue weighted by molar-refractivity contribution is 7.03. The lowest BCUT2D eigenvalue weighted by Gasteiger charge is -2.35. The van der Waals surface area contributed by atoms with Gasteiger partial charge in [-0.2, -0.15) is 0 Å². The van der Waals surface area contributed by atoms with E-state index in [4.69, 9.17) is 0 Å². The van der Waals surface area contributed by atoms with E-state index in [-0.39, 0.29) is 0 Å². The van der Waals surface area contributed by atoms with Crippen LogP contribution in [-0.4, -0.2) is 39.7 Å². The molecule has 2 bridgehead atoms. The normalized spacial score (nSPS) is 33.5. The lowest BCUT2D eigenvalue weighted by Crippen LogP contribution is -2.46. The molecular weight excluding hydrogens is 220 g/mol. The number of nitrogens with zero attached hydrogens (tertiary/aromatic N) is 3. The number of nitrogens with one attached hydrogen (secondary N) is 1. The van der Waals surface area contributed by atoms with Crippen LogP contribution in [0.3, 0.4) is 0 Å². The van der Waals surface area contributed by atoms with Crippen LogP contribution in [0.2, 0.25) is 0 Å². The maximum atomic E-state index is 4.12. The third-order valence-electron chi connectivity index (χ3n) is 3.89. The van der Waals surface area contributed by atoms with Crippen LogP contribution < -0.4 is 5.32 Å². The van der Waals surface area contributed by atoms with E-state index in [9.17, 15) is 0 Å². The summed E-state index contributed by atoms with van der Waals surface area (Å²) in [6.07, 6.45) is 5.33. The molecule has 3 rings (SSSR count). The van der Waals surface area contributed by atoms with Crippen LogP contribution in [0.5, 0.6) is 0 Å². The number of rotatable bonds is 3. The van der Waals surface area contributed by atoms with Gasteiger partial charge in [0.2, 0.25) is 0 Å². The van der Waals surface area contributed by atoms with Crippen molar-refractivity contribution in [2.75, 3.05) is 7.05 Å². The largest absolute Gasteiger partial charge is 0.311 e. The molecule has 1 aromatic rings. The predicted octanol–water partition coefficient (Wildman–Crippen LogP) is 1.25. The minimum atomic E-state index is 0.723. The van der Waals surface area contributed by atoms with Crippen LogP contribution >= 0.6 is 11.5 Å². The van der Waals surface area contributed by atoms with Gasteiger partial charge < -0.3 is 5.32 Å². The quantitative estimate of drug-likeness (QED) is 0.860. The first-order valence-electron chi connectivity index (χ1n) is 6.03. The minimum absolute atomic E-state index is 0.723. The molecule has 0 spiro atoms. The van der Waals surface area contributed by atoms with E-state index in [1.54, 1.807) is 0 Å². The molecule has 0 amide bonds. The summed E-state index contributed by atoms with van der Waals surface area (Å²) in [5.74, 6) is 0. The van der Waals surface area contributed by atoms with E-state index in [1.807, 2.05) is 5.38 Å². The van der Waals surface area contributed by atoms with Gasteiger partial charge in [-0.1, -0.05) is 4.49 Å². The molecule has 2 atom stereocenters. The second kappa shape index (κ2) is 4.39. The van der Waals surface area contributed by atoms with E-state index >= 15 is 0 Å². The van der Waals surface area contributed by atoms with Gasteiger partial charge in [0.05, 0.1) is 5.69 Å². The van der Waals surface area contributed by atoms with Gasteiger partial charge in [-0.25, -0.2) is 0 Å². The van der Waals surface area contributed by atoms with Crippen LogP contribution in [0.15, 0.2) is 5.38 Å². The number of piperidine rings is 1. The molecule has 2 fully saturated rings. The molecule has 5 heteroatoms. The summed E-state index contributed by atoms with van der Waals surface area (Å²) in [6, 6.07) is 2.25. The number of hydrogen-bond donors (Lipinski definition) is 1. The second-order valence-electron chi connectivity index (χ2n) is 5.07. The first-order valence-corrected chi connectivity index (χ1v) is 6.87. The Balaban J connectivity index is 1.60. The third-order valence-corrected chi connectivity index (χ3v) is 4.44. The first kappa shape index (κ1) is 10.6. The third kappa shape index (κ3) is 2.12. The zero-order chi connectivity index (χ0) is 11.0. The van der Waals surface area contributed by atoms with Gasteiger partial charge in [-0.05, 0) is 44.3 Å². The summed E-state index contributed by atoms with van der Waals surface area (Å²) >= 11 is 1.44. The standard InChI is InChI=1S/C11H18N4S/c1-15(6-10-7-16-14-13-10)11-4-8-2-3-9(5-11)12-8/h7-9,11-12H,2-6H2,1H3. The van der Waals surface area contributed by atoms with Gasteiger partial charge in [-0.15, -0.1) is 5.10 Å². The molecule has 1 aromatic heterocycles. The first-order chi connectivity index (χ1) is 7.81. The molecule has 4 nitrogen and oxygen atoms in total. The molecule has 3 heterocycles. The molecule has 2 aliphatic heterocycles. The summed E-state index contributed by atoms with van der Waals surface area (Å²) in [4.78, 5) is 2.45. The van der Waals surface area contributed by atoms with Crippen LogP contribution in [0.25, 0.3) is 0 Å². The Morgan fingerprint density at radius 2 is 2.19 bits per heavy atom. The van der Waals surface area contributed by atoms with Crippen molar-refractivity contribution in [3.05, 3.63) is 11.1 Å². The van der Waals surface area contributed by atoms with E-state index in [0.717, 1.165) is 30.4 Å². The molecule has 0 saturated carbocycles. The Kier molecular flexibility index (Phi) is 2.91. The summed E-state index contributed by atoms with van der Waals surface area (Å²) in [5, 5.41) is 9.85. The van der Waals surface area contributed by atoms with Crippen LogP contribution in [-0.2, 0) is 6.54 Å². The zero-order valence-electron chi connectivity index (χ0n) is 9.59. The molecule has 2 unspecified atom stereocenters. The summed E-state index contributed by atoms with van der Waals surface area (Å²) < 4.78 is 3.92. The van der Waals surface area contributed by atoms with Crippen LogP contribution in [0.1, 0.15) is 31.4 Å². The predicted molar refractivity (Wildman–Crippen MR) is 64.3 cm³/mol. The molecular formula is C11H18N4S. The SMILES string of the molecule is CN(Cc1csnn1)C1CC2CCC(C1)N2. The topological polar surface area (TPSA) is 41.1 Å². The second-order valence-corrected chi connectivity index (χ2v) is 5.68. The minimum Gasteiger partial charge on any atom is -0.311 e. The van der Waals surface area contributed by atoms with Gasteiger partial charge in [0.15, 0.2) is 0 Å². The number of fused-ring (bicyclic) bond motifs is 2. The van der Waals surface area contributed by atoms with Crippen LogP contribution in [0.4, 0.5) is 0 Å². The fourth-order valence-electron chi connectivity index (χ4n) is 3.02. The Labute approximate surface area is 100 Å². The fourth-order valence-corrected chi connectivity index (χ4v) is 3.47. The fraction of sp³-hybridized carbons (Fsp3) is 0.818. The zero-order valence-corrected chi connectivity index (χ0v) is 10.4. The monoisotopic (exact) mass is 238 g/mol. The van der Waals surface area contributed by atoms with Crippen molar-refractivity contribution < 1.29 is 0 Å². The molecule has 2 aliphatic rings. The molecule has 88 valence electrons. The van der Waals surface area contributed by atoms with Gasteiger partial charge in [-0.3, -0.25) is 4.90 Å². The summed E-state index contributed by atoms with van der Waals surface area (Å²) in [7, 11) is 2.22. The molecule has 1 N–H and O–H groups in total. The number of hydrogen-bond acceptors (Lipinski definition) is 5. The van der Waals surface area contributed by atoms with E-state index in [1.165, 1.54) is 37.2 Å². The van der Waals surface area contributed by atoms with E-state index in [2.05, 4.69) is 26.9 Å². The average molecular weight is 238 g/mol. The van der Waals surface area contributed by atoms with Gasteiger partial charge in [0.25, 0.3) is 0 Å². The lowest BCUT2D eigenvalue weighted by atomic mass is 9.98. The number of aromatic nitrogens is 2. The average Bonchev–Trinajstić information content (AvgIpc) is 2.89. The maximum Gasteiger partial charge on any atom is 0.0895 e. The molecule has 16 heavy (non-hydrogen) atoms. The Morgan fingerprint density at radius 1 is 1.44 bits per heavy atom. The lowest BCUT2D eigenvalue weighted by molar-refractivity contribution is 0.164. The van der Waals surface area contributed by atoms with Crippen molar-refractivity contribution in [3.8, 4) is 0 Å². The van der Waals surface area contributed by atoms with Crippen molar-refractivity contribution in [2.45, 2.75) is 50.4 Å². The van der Waals surface area contributed by atoms with Crippen molar-refractivity contribution in [2.24, 2.45) is 0 Å². The Bertz CT molecular complexity index is 328. The van der Waals surface area contributed by atoms with Gasteiger partial charge >= 0.3 is 0 Å². The van der Waals surface area contributed by atoms with Gasteiger partial charge in [0, 0.05) is 30.1 Å². The maximum absolute atomic E-state index is 4.12. The highest BCUT2D eigenvalue weighted by Gasteiger charge is 2.34. The molecule has 2 saturated heterocycles. The Hall–Kier alpha value is -0.520. The smallest absolute Gasteiger partial charge is 0.0895 e. The Morgan fingerprint density at radius 3 is 2.81 bits per heavy atom. The van der Waals surface area contributed by atoms with Crippen LogP contribution in [0, 0.1) is 0 Å². The summed E-state index contributed by atoms with van der Waals surface area (Å²) in [5.41, 5.74) is 1.11. The van der Waals surface area contributed by atoms with Crippen molar-refractivity contribution >= 4 is 11.5 Å². The molecule has 0 aromatic carbocycles. The highest BCUT2D eigenvalue weighted by atomic mass is 32.1.